The number of hydrazone groups is 1. The Morgan fingerprint density at radius 2 is 2.33 bits per heavy atom. The summed E-state index contributed by atoms with van der Waals surface area (Å²) in [6.07, 6.45) is 0.0541. The van der Waals surface area contributed by atoms with Gasteiger partial charge in [0.2, 0.25) is 5.91 Å². The SMILES string of the molecule is CC1=NN(C)C(=O)C1CC(N)=O. The minimum absolute atomic E-state index is 0.0541. The number of carbonyl (C=O) groups excluding carboxylic acids is 2. The van der Waals surface area contributed by atoms with E-state index in [9.17, 15) is 9.59 Å². The summed E-state index contributed by atoms with van der Waals surface area (Å²) in [5.74, 6) is -1.07. The fraction of sp³-hybridized carbons (Fsp3) is 0.571. The van der Waals surface area contributed by atoms with Crippen LogP contribution in [-0.4, -0.2) is 29.6 Å². The van der Waals surface area contributed by atoms with Crippen molar-refractivity contribution < 1.29 is 9.59 Å². The molecule has 0 saturated carbocycles. The first-order chi connectivity index (χ1) is 5.52. The number of hydrogen-bond donors (Lipinski definition) is 1. The number of carbonyl (C=O) groups is 2. The topological polar surface area (TPSA) is 75.8 Å². The number of amides is 2. The summed E-state index contributed by atoms with van der Waals surface area (Å²) < 4.78 is 0. The van der Waals surface area contributed by atoms with Gasteiger partial charge in [0.15, 0.2) is 0 Å². The summed E-state index contributed by atoms with van der Waals surface area (Å²) in [5.41, 5.74) is 5.63. The van der Waals surface area contributed by atoms with E-state index in [0.717, 1.165) is 0 Å². The largest absolute Gasteiger partial charge is 0.370 e. The Morgan fingerprint density at radius 3 is 2.67 bits per heavy atom. The number of nitrogens with zero attached hydrogens (tertiary/aromatic N) is 2. The van der Waals surface area contributed by atoms with Gasteiger partial charge >= 0.3 is 0 Å². The van der Waals surface area contributed by atoms with Crippen molar-refractivity contribution in [2.45, 2.75) is 13.3 Å². The van der Waals surface area contributed by atoms with Crippen molar-refractivity contribution in [3.63, 3.8) is 0 Å². The first-order valence-corrected chi connectivity index (χ1v) is 3.63. The van der Waals surface area contributed by atoms with Gasteiger partial charge in [-0.2, -0.15) is 5.10 Å². The molecular formula is C7H11N3O2. The second-order valence-electron chi connectivity index (χ2n) is 2.83. The summed E-state index contributed by atoms with van der Waals surface area (Å²) in [7, 11) is 1.56. The molecule has 2 amide bonds. The number of nitrogens with two attached hydrogens (primary N) is 1. The van der Waals surface area contributed by atoms with Gasteiger partial charge in [-0.3, -0.25) is 9.59 Å². The number of rotatable bonds is 2. The minimum atomic E-state index is -0.474. The van der Waals surface area contributed by atoms with E-state index in [2.05, 4.69) is 5.10 Å². The van der Waals surface area contributed by atoms with Crippen LogP contribution in [0.2, 0.25) is 0 Å². The highest BCUT2D eigenvalue weighted by Gasteiger charge is 2.32. The Balaban J connectivity index is 2.72. The van der Waals surface area contributed by atoms with Crippen LogP contribution in [0.3, 0.4) is 0 Å². The molecule has 1 aliphatic heterocycles. The first kappa shape index (κ1) is 8.70. The maximum absolute atomic E-state index is 11.3. The normalized spacial score (nSPS) is 22.8. The molecule has 0 fully saturated rings. The van der Waals surface area contributed by atoms with Crippen LogP contribution in [0.15, 0.2) is 5.10 Å². The van der Waals surface area contributed by atoms with E-state index in [4.69, 9.17) is 5.73 Å². The third-order valence-electron chi connectivity index (χ3n) is 1.83. The van der Waals surface area contributed by atoms with Gasteiger partial charge in [-0.15, -0.1) is 0 Å². The molecule has 0 bridgehead atoms. The van der Waals surface area contributed by atoms with E-state index < -0.39 is 11.8 Å². The first-order valence-electron chi connectivity index (χ1n) is 3.63. The predicted octanol–water partition coefficient (Wildman–Crippen LogP) is -0.674. The molecule has 0 spiro atoms. The zero-order valence-electron chi connectivity index (χ0n) is 7.07. The molecule has 1 atom stereocenters. The van der Waals surface area contributed by atoms with Crippen LogP contribution in [0.5, 0.6) is 0 Å². The Morgan fingerprint density at radius 1 is 1.75 bits per heavy atom. The molecule has 66 valence electrons. The van der Waals surface area contributed by atoms with Crippen LogP contribution in [0.4, 0.5) is 0 Å². The van der Waals surface area contributed by atoms with Crippen molar-refractivity contribution in [2.24, 2.45) is 16.8 Å². The Kier molecular flexibility index (Phi) is 2.12. The third kappa shape index (κ3) is 1.44. The molecule has 2 N–H and O–H groups in total. The van der Waals surface area contributed by atoms with Gasteiger partial charge in [-0.05, 0) is 6.92 Å². The summed E-state index contributed by atoms with van der Waals surface area (Å²) in [6.45, 7) is 1.72. The zero-order chi connectivity index (χ0) is 9.30. The highest BCUT2D eigenvalue weighted by molar-refractivity contribution is 6.08. The molecule has 0 aromatic carbocycles. The van der Waals surface area contributed by atoms with E-state index >= 15 is 0 Å². The molecule has 1 aliphatic rings. The van der Waals surface area contributed by atoms with Crippen molar-refractivity contribution in [3.8, 4) is 0 Å². The van der Waals surface area contributed by atoms with Gasteiger partial charge in [0.1, 0.15) is 0 Å². The molecule has 5 nitrogen and oxygen atoms in total. The standard InChI is InChI=1S/C7H11N3O2/c1-4-5(3-6(8)11)7(12)10(2)9-4/h5H,3H2,1-2H3,(H2,8,11). The van der Waals surface area contributed by atoms with E-state index in [1.165, 1.54) is 5.01 Å². The van der Waals surface area contributed by atoms with Crippen LogP contribution in [-0.2, 0) is 9.59 Å². The van der Waals surface area contributed by atoms with Crippen LogP contribution >= 0.6 is 0 Å². The Bertz CT molecular complexity index is 259. The van der Waals surface area contributed by atoms with Crippen LogP contribution in [0.25, 0.3) is 0 Å². The Labute approximate surface area is 70.2 Å². The second-order valence-corrected chi connectivity index (χ2v) is 2.83. The smallest absolute Gasteiger partial charge is 0.251 e. The van der Waals surface area contributed by atoms with Gasteiger partial charge in [0.05, 0.1) is 5.92 Å². The van der Waals surface area contributed by atoms with E-state index in [0.29, 0.717) is 5.71 Å². The summed E-state index contributed by atoms with van der Waals surface area (Å²) in [5, 5.41) is 5.14. The molecule has 0 radical (unpaired) electrons. The number of hydrogen-bond acceptors (Lipinski definition) is 3. The fourth-order valence-electron chi connectivity index (χ4n) is 1.20. The van der Waals surface area contributed by atoms with Gasteiger partial charge in [0, 0.05) is 19.2 Å². The quantitative estimate of drug-likeness (QED) is 0.595. The lowest BCUT2D eigenvalue weighted by molar-refractivity contribution is -0.132. The highest BCUT2D eigenvalue weighted by Crippen LogP contribution is 2.16. The molecule has 1 rings (SSSR count). The van der Waals surface area contributed by atoms with Crippen LogP contribution in [0.1, 0.15) is 13.3 Å². The van der Waals surface area contributed by atoms with E-state index in [1.807, 2.05) is 0 Å². The monoisotopic (exact) mass is 169 g/mol. The van der Waals surface area contributed by atoms with E-state index in [-0.39, 0.29) is 12.3 Å². The zero-order valence-corrected chi connectivity index (χ0v) is 7.07. The van der Waals surface area contributed by atoms with Crippen LogP contribution < -0.4 is 5.73 Å². The third-order valence-corrected chi connectivity index (χ3v) is 1.83. The van der Waals surface area contributed by atoms with Gasteiger partial charge < -0.3 is 5.73 Å². The lowest BCUT2D eigenvalue weighted by Crippen LogP contribution is -2.28. The fourth-order valence-corrected chi connectivity index (χ4v) is 1.20. The molecule has 0 saturated heterocycles. The van der Waals surface area contributed by atoms with Crippen LogP contribution in [0, 0.1) is 5.92 Å². The van der Waals surface area contributed by atoms with Gasteiger partial charge in [-0.25, -0.2) is 5.01 Å². The lowest BCUT2D eigenvalue weighted by atomic mass is 10.0. The summed E-state index contributed by atoms with van der Waals surface area (Å²) >= 11 is 0. The highest BCUT2D eigenvalue weighted by atomic mass is 16.2. The van der Waals surface area contributed by atoms with Crippen molar-refractivity contribution in [2.75, 3.05) is 7.05 Å². The van der Waals surface area contributed by atoms with Crippen molar-refractivity contribution >= 4 is 17.5 Å². The van der Waals surface area contributed by atoms with Crippen molar-refractivity contribution in [1.82, 2.24) is 5.01 Å². The molecule has 0 aromatic rings. The molecule has 12 heavy (non-hydrogen) atoms. The van der Waals surface area contributed by atoms with Gasteiger partial charge in [-0.1, -0.05) is 0 Å². The lowest BCUT2D eigenvalue weighted by Gasteiger charge is -2.06. The maximum atomic E-state index is 11.3. The molecule has 1 heterocycles. The molecule has 0 aromatic heterocycles. The molecule has 1 unspecified atom stereocenters. The average Bonchev–Trinajstić information content (AvgIpc) is 2.16. The summed E-state index contributed by atoms with van der Waals surface area (Å²) in [4.78, 5) is 21.8. The predicted molar refractivity (Wildman–Crippen MR) is 43.2 cm³/mol. The molecular weight excluding hydrogens is 158 g/mol. The molecule has 5 heteroatoms. The van der Waals surface area contributed by atoms with Crippen molar-refractivity contribution in [3.05, 3.63) is 0 Å². The van der Waals surface area contributed by atoms with Gasteiger partial charge in [0.25, 0.3) is 5.91 Å². The average molecular weight is 169 g/mol. The second kappa shape index (κ2) is 2.92. The molecule has 0 aliphatic carbocycles. The maximum Gasteiger partial charge on any atom is 0.251 e. The summed E-state index contributed by atoms with van der Waals surface area (Å²) in [6, 6.07) is 0. The minimum Gasteiger partial charge on any atom is -0.370 e. The van der Waals surface area contributed by atoms with Crippen molar-refractivity contribution in [1.29, 1.82) is 0 Å². The van der Waals surface area contributed by atoms with E-state index in [1.54, 1.807) is 14.0 Å². The number of primary amides is 1. The Hall–Kier alpha value is -1.39.